The fraction of sp³-hybridized carbons (Fsp3) is 0.414. The summed E-state index contributed by atoms with van der Waals surface area (Å²) in [5, 5.41) is 5.61. The molecule has 3 amide bonds. The van der Waals surface area contributed by atoms with Crippen LogP contribution >= 0.6 is 0 Å². The van der Waals surface area contributed by atoms with Crippen LogP contribution in [0.5, 0.6) is 0 Å². The van der Waals surface area contributed by atoms with Crippen LogP contribution in [0.4, 0.5) is 4.79 Å². The molecule has 0 radical (unpaired) electrons. The number of terminal acetylenes is 1. The molecule has 2 N–H and O–H groups in total. The molecule has 0 aromatic heterocycles. The highest BCUT2D eigenvalue weighted by Crippen LogP contribution is 2.40. The Morgan fingerprint density at radius 2 is 1.72 bits per heavy atom. The van der Waals surface area contributed by atoms with E-state index >= 15 is 0 Å². The lowest BCUT2D eigenvalue weighted by molar-refractivity contribution is -0.143. The van der Waals surface area contributed by atoms with Gasteiger partial charge in [-0.2, -0.15) is 0 Å². The number of hydrogen-bond donors (Lipinski definition) is 2. The van der Waals surface area contributed by atoms with Crippen molar-refractivity contribution < 1.29 is 19.1 Å². The van der Waals surface area contributed by atoms with E-state index in [1.54, 1.807) is 56.9 Å². The van der Waals surface area contributed by atoms with Crippen LogP contribution in [-0.4, -0.2) is 40.5 Å². The summed E-state index contributed by atoms with van der Waals surface area (Å²) >= 11 is 0. The summed E-state index contributed by atoms with van der Waals surface area (Å²) in [6, 6.07) is 14.8. The van der Waals surface area contributed by atoms with Crippen LogP contribution in [0.25, 0.3) is 0 Å². The third-order valence-electron chi connectivity index (χ3n) is 6.01. The van der Waals surface area contributed by atoms with E-state index in [1.165, 1.54) is 0 Å². The van der Waals surface area contributed by atoms with E-state index in [0.29, 0.717) is 17.7 Å². The monoisotopic (exact) mass is 489 g/mol. The topological polar surface area (TPSA) is 87.7 Å². The van der Waals surface area contributed by atoms with Gasteiger partial charge < -0.3 is 20.3 Å². The molecular formula is C29H35N3O4. The van der Waals surface area contributed by atoms with E-state index in [1.807, 2.05) is 37.3 Å². The fourth-order valence-corrected chi connectivity index (χ4v) is 4.02. The first-order valence-corrected chi connectivity index (χ1v) is 12.2. The highest BCUT2D eigenvalue weighted by Gasteiger charge is 2.47. The zero-order valence-electron chi connectivity index (χ0n) is 21.6. The molecule has 1 aliphatic carbocycles. The highest BCUT2D eigenvalue weighted by molar-refractivity contribution is 5.92. The van der Waals surface area contributed by atoms with Gasteiger partial charge in [-0.1, -0.05) is 55.3 Å². The summed E-state index contributed by atoms with van der Waals surface area (Å²) in [7, 11) is 0. The predicted molar refractivity (Wildman–Crippen MR) is 139 cm³/mol. The number of rotatable bonds is 8. The average molecular weight is 490 g/mol. The Balaban J connectivity index is 1.90. The number of ether oxygens (including phenoxy) is 1. The summed E-state index contributed by atoms with van der Waals surface area (Å²) < 4.78 is 5.32. The molecule has 1 fully saturated rings. The number of hydrogen-bond acceptors (Lipinski definition) is 4. The highest BCUT2D eigenvalue weighted by atomic mass is 16.6. The number of nitrogens with zero attached hydrogens (tertiary/aromatic N) is 1. The van der Waals surface area contributed by atoms with Gasteiger partial charge in [0.05, 0.1) is 0 Å². The lowest BCUT2D eigenvalue weighted by Crippen LogP contribution is -2.53. The third-order valence-corrected chi connectivity index (χ3v) is 6.01. The van der Waals surface area contributed by atoms with Crippen molar-refractivity contribution in [1.82, 2.24) is 15.5 Å². The van der Waals surface area contributed by atoms with Crippen molar-refractivity contribution in [1.29, 1.82) is 0 Å². The smallest absolute Gasteiger partial charge is 0.408 e. The molecule has 0 bridgehead atoms. The predicted octanol–water partition coefficient (Wildman–Crippen LogP) is 4.18. The van der Waals surface area contributed by atoms with Crippen LogP contribution in [0.1, 0.15) is 63.8 Å². The second kappa shape index (κ2) is 11.3. The molecule has 36 heavy (non-hydrogen) atoms. The Morgan fingerprint density at radius 3 is 2.25 bits per heavy atom. The minimum absolute atomic E-state index is 0.125. The lowest BCUT2D eigenvalue weighted by Gasteiger charge is -2.34. The third kappa shape index (κ3) is 7.11. The molecule has 7 heteroatoms. The van der Waals surface area contributed by atoms with Crippen molar-refractivity contribution in [2.45, 2.75) is 71.3 Å². The molecule has 4 unspecified atom stereocenters. The maximum Gasteiger partial charge on any atom is 0.408 e. The SMILES string of the molecule is C#Cc1ccc(C(C(=O)NCc2ccccc2)N(C(=O)C(C)NC(=O)OC(C)(C)C)C2CC2C)cc1. The second-order valence-corrected chi connectivity index (χ2v) is 10.3. The molecule has 4 atom stereocenters. The van der Waals surface area contributed by atoms with E-state index in [2.05, 4.69) is 16.6 Å². The maximum absolute atomic E-state index is 13.7. The molecule has 1 aliphatic rings. The first-order chi connectivity index (χ1) is 17.0. The zero-order chi connectivity index (χ0) is 26.5. The van der Waals surface area contributed by atoms with Gasteiger partial charge in [0, 0.05) is 18.2 Å². The van der Waals surface area contributed by atoms with E-state index in [9.17, 15) is 14.4 Å². The second-order valence-electron chi connectivity index (χ2n) is 10.3. The van der Waals surface area contributed by atoms with E-state index < -0.39 is 23.8 Å². The quantitative estimate of drug-likeness (QED) is 0.545. The summed E-state index contributed by atoms with van der Waals surface area (Å²) in [6.45, 7) is 9.23. The largest absolute Gasteiger partial charge is 0.444 e. The Bertz CT molecular complexity index is 1120. The number of carbonyl (C=O) groups is 3. The van der Waals surface area contributed by atoms with Gasteiger partial charge in [-0.15, -0.1) is 6.42 Å². The van der Waals surface area contributed by atoms with Gasteiger partial charge in [-0.05, 0) is 63.3 Å². The molecule has 2 aromatic carbocycles. The Morgan fingerprint density at radius 1 is 1.11 bits per heavy atom. The summed E-state index contributed by atoms with van der Waals surface area (Å²) in [5.74, 6) is 2.16. The van der Waals surface area contributed by atoms with Crippen molar-refractivity contribution in [3.05, 3.63) is 71.3 Å². The number of amides is 3. The first-order valence-electron chi connectivity index (χ1n) is 12.2. The summed E-state index contributed by atoms with van der Waals surface area (Å²) in [4.78, 5) is 41.3. The van der Waals surface area contributed by atoms with Crippen LogP contribution in [0.15, 0.2) is 54.6 Å². The van der Waals surface area contributed by atoms with Crippen molar-refractivity contribution in [2.24, 2.45) is 5.92 Å². The van der Waals surface area contributed by atoms with Gasteiger partial charge >= 0.3 is 6.09 Å². The van der Waals surface area contributed by atoms with E-state index in [-0.39, 0.29) is 23.8 Å². The Kier molecular flexibility index (Phi) is 8.41. The molecule has 190 valence electrons. The van der Waals surface area contributed by atoms with Gasteiger partial charge in [-0.3, -0.25) is 9.59 Å². The van der Waals surface area contributed by atoms with Crippen LogP contribution in [0.3, 0.4) is 0 Å². The minimum atomic E-state index is -0.887. The molecule has 0 spiro atoms. The summed E-state index contributed by atoms with van der Waals surface area (Å²) in [6.07, 6.45) is 5.61. The van der Waals surface area contributed by atoms with Gasteiger partial charge in [0.25, 0.3) is 0 Å². The zero-order valence-corrected chi connectivity index (χ0v) is 21.6. The maximum atomic E-state index is 13.7. The number of nitrogens with one attached hydrogen (secondary N) is 2. The number of alkyl carbamates (subject to hydrolysis) is 1. The molecule has 0 heterocycles. The fourth-order valence-electron chi connectivity index (χ4n) is 4.02. The number of benzene rings is 2. The van der Waals surface area contributed by atoms with Gasteiger partial charge in [0.15, 0.2) is 0 Å². The lowest BCUT2D eigenvalue weighted by atomic mass is 10.0. The normalized spacial score (nSPS) is 18.2. The Labute approximate surface area is 213 Å². The molecule has 0 saturated heterocycles. The number of carbonyl (C=O) groups excluding carboxylic acids is 3. The molecule has 2 aromatic rings. The Hall–Kier alpha value is -3.79. The van der Waals surface area contributed by atoms with Crippen molar-refractivity contribution >= 4 is 17.9 Å². The van der Waals surface area contributed by atoms with Crippen LogP contribution in [-0.2, 0) is 20.9 Å². The van der Waals surface area contributed by atoms with Crippen LogP contribution < -0.4 is 10.6 Å². The minimum Gasteiger partial charge on any atom is -0.444 e. The molecule has 1 saturated carbocycles. The molecular weight excluding hydrogens is 454 g/mol. The van der Waals surface area contributed by atoms with Crippen molar-refractivity contribution in [3.8, 4) is 12.3 Å². The van der Waals surface area contributed by atoms with Gasteiger partial charge in [0.2, 0.25) is 11.8 Å². The molecule has 3 rings (SSSR count). The van der Waals surface area contributed by atoms with Gasteiger partial charge in [-0.25, -0.2) is 4.79 Å². The standard InChI is InChI=1S/C29H35N3O4/c1-7-21-13-15-23(16-14-21)25(26(33)30-18-22-11-9-8-10-12-22)32(24-17-19(24)2)27(34)20(3)31-28(35)36-29(4,5)6/h1,8-16,19-20,24-25H,17-18H2,2-6H3,(H,30,33)(H,31,35). The first kappa shape index (κ1) is 26.8. The van der Waals surface area contributed by atoms with Crippen molar-refractivity contribution in [2.75, 3.05) is 0 Å². The van der Waals surface area contributed by atoms with E-state index in [0.717, 1.165) is 12.0 Å². The average Bonchev–Trinajstić information content (AvgIpc) is 3.55. The molecule has 7 nitrogen and oxygen atoms in total. The van der Waals surface area contributed by atoms with Crippen LogP contribution in [0, 0.1) is 18.3 Å². The molecule has 0 aliphatic heterocycles. The van der Waals surface area contributed by atoms with Crippen molar-refractivity contribution in [3.63, 3.8) is 0 Å². The van der Waals surface area contributed by atoms with Crippen LogP contribution in [0.2, 0.25) is 0 Å². The van der Waals surface area contributed by atoms with E-state index in [4.69, 9.17) is 11.2 Å². The summed E-state index contributed by atoms with van der Waals surface area (Å²) in [5.41, 5.74) is 1.58. The van der Waals surface area contributed by atoms with Gasteiger partial charge in [0.1, 0.15) is 17.7 Å².